The molecule has 0 saturated heterocycles. The van der Waals surface area contributed by atoms with Crippen molar-refractivity contribution >= 4 is 46.0 Å². The quantitative estimate of drug-likeness (QED) is 0.804. The van der Waals surface area contributed by atoms with Crippen molar-refractivity contribution < 1.29 is 9.59 Å². The predicted octanol–water partition coefficient (Wildman–Crippen LogP) is 2.54. The number of hydrogen-bond donors (Lipinski definition) is 0. The monoisotopic (exact) mass is 364 g/mol. The molecule has 24 heavy (non-hydrogen) atoms. The number of thioether (sulfide) groups is 1. The molecular formula is C16H17ClN4O2S. The van der Waals surface area contributed by atoms with Gasteiger partial charge in [-0.3, -0.25) is 19.5 Å². The number of aliphatic imine (C=N–C) groups is 1. The van der Waals surface area contributed by atoms with Crippen LogP contribution in [-0.2, 0) is 9.59 Å². The Bertz CT molecular complexity index is 716. The summed E-state index contributed by atoms with van der Waals surface area (Å²) < 4.78 is 0. The highest BCUT2D eigenvalue weighted by molar-refractivity contribution is 8.15. The maximum absolute atomic E-state index is 12.3. The lowest BCUT2D eigenvalue weighted by Crippen LogP contribution is -2.37. The molecule has 8 heteroatoms. The van der Waals surface area contributed by atoms with Crippen molar-refractivity contribution in [3.63, 3.8) is 0 Å². The summed E-state index contributed by atoms with van der Waals surface area (Å²) in [5, 5.41) is 9.10. The van der Waals surface area contributed by atoms with Gasteiger partial charge in [0.2, 0.25) is 5.91 Å². The summed E-state index contributed by atoms with van der Waals surface area (Å²) in [4.78, 5) is 31.7. The fourth-order valence-electron chi connectivity index (χ4n) is 2.19. The molecule has 1 aromatic rings. The Morgan fingerprint density at radius 3 is 2.92 bits per heavy atom. The molecule has 0 fully saturated rings. The Hall–Kier alpha value is -2.04. The molecule has 0 N–H and O–H groups in total. The van der Waals surface area contributed by atoms with Crippen LogP contribution in [0.4, 0.5) is 5.69 Å². The second kappa shape index (κ2) is 8.18. The third-order valence-corrected chi connectivity index (χ3v) is 4.85. The van der Waals surface area contributed by atoms with E-state index in [0.717, 1.165) is 0 Å². The van der Waals surface area contributed by atoms with Gasteiger partial charge in [-0.05, 0) is 19.1 Å². The third-order valence-electron chi connectivity index (χ3n) is 3.45. The van der Waals surface area contributed by atoms with Gasteiger partial charge in [0.1, 0.15) is 6.54 Å². The average molecular weight is 365 g/mol. The summed E-state index contributed by atoms with van der Waals surface area (Å²) in [6, 6.07) is 9.04. The van der Waals surface area contributed by atoms with E-state index in [1.807, 2.05) is 6.07 Å². The molecule has 1 atom stereocenters. The summed E-state index contributed by atoms with van der Waals surface area (Å²) in [5.74, 6) is -0.292. The fourth-order valence-corrected chi connectivity index (χ4v) is 3.45. The number of nitrogens with zero attached hydrogens (tertiary/aromatic N) is 4. The molecule has 6 nitrogen and oxygen atoms in total. The summed E-state index contributed by atoms with van der Waals surface area (Å²) in [7, 11) is 1.66. The van der Waals surface area contributed by atoms with Gasteiger partial charge in [0, 0.05) is 13.6 Å². The van der Waals surface area contributed by atoms with E-state index in [2.05, 4.69) is 4.99 Å². The number of rotatable bonds is 5. The van der Waals surface area contributed by atoms with Crippen molar-refractivity contribution in [1.82, 2.24) is 4.90 Å². The summed E-state index contributed by atoms with van der Waals surface area (Å²) in [6.45, 7) is 2.17. The number of amides is 2. The van der Waals surface area contributed by atoms with Gasteiger partial charge in [-0.15, -0.1) is 0 Å². The lowest BCUT2D eigenvalue weighted by atomic mass is 10.3. The molecule has 1 aliphatic rings. The minimum Gasteiger partial charge on any atom is -0.344 e. The molecular weight excluding hydrogens is 348 g/mol. The van der Waals surface area contributed by atoms with Crippen molar-refractivity contribution in [3.8, 4) is 6.07 Å². The van der Waals surface area contributed by atoms with E-state index in [0.29, 0.717) is 22.4 Å². The molecule has 0 aliphatic carbocycles. The molecule has 0 spiro atoms. The van der Waals surface area contributed by atoms with E-state index in [-0.39, 0.29) is 24.8 Å². The lowest BCUT2D eigenvalue weighted by Gasteiger charge is -2.23. The summed E-state index contributed by atoms with van der Waals surface area (Å²) in [6.07, 6.45) is 0.283. The van der Waals surface area contributed by atoms with Crippen LogP contribution in [-0.4, -0.2) is 47.3 Å². The van der Waals surface area contributed by atoms with Gasteiger partial charge in [0.05, 0.1) is 28.5 Å². The summed E-state index contributed by atoms with van der Waals surface area (Å²) in [5.41, 5.74) is 0.561. The van der Waals surface area contributed by atoms with E-state index in [1.165, 1.54) is 21.6 Å². The molecule has 1 aromatic carbocycles. The van der Waals surface area contributed by atoms with E-state index in [1.54, 1.807) is 38.2 Å². The zero-order chi connectivity index (χ0) is 17.7. The number of nitriles is 1. The Balaban J connectivity index is 2.11. The molecule has 2 rings (SSSR count). The standard InChI is InChI=1S/C16H17ClN4O2S/c1-11(15(23)20(2)9-5-8-18)24-16-19-10-14(22)21(16)13-7-4-3-6-12(13)17/h3-4,6-7,11H,5,9-10H2,1-2H3/t11-/m1/s1. The largest absolute Gasteiger partial charge is 0.344 e. The first-order chi connectivity index (χ1) is 11.5. The number of anilines is 1. The van der Waals surface area contributed by atoms with Crippen molar-refractivity contribution in [3.05, 3.63) is 29.3 Å². The Kier molecular flexibility index (Phi) is 6.23. The minimum absolute atomic E-state index is 0.0404. The highest BCUT2D eigenvalue weighted by Crippen LogP contribution is 2.31. The number of hydrogen-bond acceptors (Lipinski definition) is 5. The SMILES string of the molecule is C[C@@H](SC1=NCC(=O)N1c1ccccc1Cl)C(=O)N(C)CCC#N. The molecule has 1 aliphatic heterocycles. The molecule has 0 unspecified atom stereocenters. The summed E-state index contributed by atoms with van der Waals surface area (Å²) >= 11 is 7.39. The minimum atomic E-state index is -0.427. The Morgan fingerprint density at radius 2 is 2.25 bits per heavy atom. The topological polar surface area (TPSA) is 76.8 Å². The first kappa shape index (κ1) is 18.3. The van der Waals surface area contributed by atoms with E-state index < -0.39 is 5.25 Å². The third kappa shape index (κ3) is 4.08. The zero-order valence-corrected chi connectivity index (χ0v) is 15.0. The van der Waals surface area contributed by atoms with E-state index in [4.69, 9.17) is 16.9 Å². The Morgan fingerprint density at radius 1 is 1.54 bits per heavy atom. The van der Waals surface area contributed by atoms with E-state index in [9.17, 15) is 9.59 Å². The zero-order valence-electron chi connectivity index (χ0n) is 13.4. The van der Waals surface area contributed by atoms with Gasteiger partial charge < -0.3 is 4.90 Å². The van der Waals surface area contributed by atoms with Crippen LogP contribution in [0.5, 0.6) is 0 Å². The van der Waals surface area contributed by atoms with Gasteiger partial charge in [-0.1, -0.05) is 35.5 Å². The van der Waals surface area contributed by atoms with Crippen LogP contribution >= 0.6 is 23.4 Å². The van der Waals surface area contributed by atoms with E-state index >= 15 is 0 Å². The first-order valence-electron chi connectivity index (χ1n) is 7.36. The fraction of sp³-hybridized carbons (Fsp3) is 0.375. The van der Waals surface area contributed by atoms with Crippen LogP contribution in [0, 0.1) is 11.3 Å². The molecule has 0 radical (unpaired) electrons. The second-order valence-electron chi connectivity index (χ2n) is 5.21. The highest BCUT2D eigenvalue weighted by Gasteiger charge is 2.32. The normalized spacial score (nSPS) is 15.0. The van der Waals surface area contributed by atoms with Crippen molar-refractivity contribution in [1.29, 1.82) is 5.26 Å². The van der Waals surface area contributed by atoms with Gasteiger partial charge in [-0.2, -0.15) is 5.26 Å². The van der Waals surface area contributed by atoms with Crippen molar-refractivity contribution in [2.75, 3.05) is 25.0 Å². The molecule has 1 heterocycles. The predicted molar refractivity (Wildman–Crippen MR) is 96.2 cm³/mol. The van der Waals surface area contributed by atoms with Crippen molar-refractivity contribution in [2.45, 2.75) is 18.6 Å². The second-order valence-corrected chi connectivity index (χ2v) is 6.92. The van der Waals surface area contributed by atoms with Crippen LogP contribution in [0.2, 0.25) is 5.02 Å². The maximum Gasteiger partial charge on any atom is 0.254 e. The Labute approximate surface area is 150 Å². The number of benzene rings is 1. The van der Waals surface area contributed by atoms with Gasteiger partial charge >= 0.3 is 0 Å². The molecule has 0 saturated carbocycles. The highest BCUT2D eigenvalue weighted by atomic mass is 35.5. The first-order valence-corrected chi connectivity index (χ1v) is 8.62. The molecule has 0 bridgehead atoms. The van der Waals surface area contributed by atoms with Gasteiger partial charge in [0.15, 0.2) is 5.17 Å². The van der Waals surface area contributed by atoms with Crippen molar-refractivity contribution in [2.24, 2.45) is 4.99 Å². The molecule has 2 amide bonds. The molecule has 0 aromatic heterocycles. The van der Waals surface area contributed by atoms with Gasteiger partial charge in [-0.25, -0.2) is 0 Å². The molecule has 126 valence electrons. The van der Waals surface area contributed by atoms with Crippen LogP contribution in [0.3, 0.4) is 0 Å². The number of amidine groups is 1. The maximum atomic E-state index is 12.3. The number of halogens is 1. The van der Waals surface area contributed by atoms with Crippen LogP contribution in [0.1, 0.15) is 13.3 Å². The van der Waals surface area contributed by atoms with Gasteiger partial charge in [0.25, 0.3) is 5.91 Å². The van der Waals surface area contributed by atoms with Crippen LogP contribution in [0.25, 0.3) is 0 Å². The number of carbonyl (C=O) groups excluding carboxylic acids is 2. The number of carbonyl (C=O) groups is 2. The van der Waals surface area contributed by atoms with Crippen LogP contribution < -0.4 is 4.90 Å². The van der Waals surface area contributed by atoms with Crippen LogP contribution in [0.15, 0.2) is 29.3 Å². The smallest absolute Gasteiger partial charge is 0.254 e. The average Bonchev–Trinajstić information content (AvgIpc) is 2.92. The number of para-hydroxylation sites is 1. The lowest BCUT2D eigenvalue weighted by molar-refractivity contribution is -0.128.